The van der Waals surface area contributed by atoms with E-state index in [1.165, 1.54) is 7.11 Å². The Morgan fingerprint density at radius 3 is 2.58 bits per heavy atom. The zero-order chi connectivity index (χ0) is 17.5. The summed E-state index contributed by atoms with van der Waals surface area (Å²) in [5.41, 5.74) is 7.90. The predicted molar refractivity (Wildman–Crippen MR) is 96.1 cm³/mol. The number of methoxy groups -OCH3 is 1. The first-order chi connectivity index (χ1) is 11.5. The highest BCUT2D eigenvalue weighted by Crippen LogP contribution is 2.36. The number of nitrogen functional groups attached to an aromatic ring is 1. The highest BCUT2D eigenvalue weighted by Gasteiger charge is 2.15. The van der Waals surface area contributed by atoms with Crippen LogP contribution >= 0.6 is 11.6 Å². The minimum absolute atomic E-state index is 0.214. The summed E-state index contributed by atoms with van der Waals surface area (Å²) in [5, 5.41) is 3.21. The van der Waals surface area contributed by atoms with Crippen LogP contribution in [0.5, 0.6) is 11.5 Å². The van der Waals surface area contributed by atoms with Gasteiger partial charge in [0.25, 0.3) is 5.91 Å². The van der Waals surface area contributed by atoms with Crippen molar-refractivity contribution in [3.05, 3.63) is 52.5 Å². The third-order valence-corrected chi connectivity index (χ3v) is 3.74. The SMILES string of the molecule is CCOc1c(Cl)cc(C(=O)NCCc2ccc(N)cc2)cc1OC. The van der Waals surface area contributed by atoms with E-state index in [9.17, 15) is 4.79 Å². The molecule has 0 aromatic heterocycles. The van der Waals surface area contributed by atoms with Crippen LogP contribution in [0.15, 0.2) is 36.4 Å². The lowest BCUT2D eigenvalue weighted by Crippen LogP contribution is -2.25. The van der Waals surface area contributed by atoms with Gasteiger partial charge in [0, 0.05) is 17.8 Å². The van der Waals surface area contributed by atoms with E-state index in [-0.39, 0.29) is 5.91 Å². The molecule has 0 aliphatic carbocycles. The zero-order valence-electron chi connectivity index (χ0n) is 13.8. The molecule has 5 nitrogen and oxygen atoms in total. The average Bonchev–Trinajstić information content (AvgIpc) is 2.58. The van der Waals surface area contributed by atoms with Crippen molar-refractivity contribution in [1.82, 2.24) is 5.32 Å². The molecule has 0 saturated carbocycles. The molecule has 0 fully saturated rings. The second-order valence-corrected chi connectivity index (χ2v) is 5.58. The van der Waals surface area contributed by atoms with Gasteiger partial charge < -0.3 is 20.5 Å². The molecule has 2 aromatic rings. The highest BCUT2D eigenvalue weighted by atomic mass is 35.5. The normalized spacial score (nSPS) is 10.3. The van der Waals surface area contributed by atoms with Crippen molar-refractivity contribution in [2.75, 3.05) is 26.0 Å². The van der Waals surface area contributed by atoms with Crippen molar-refractivity contribution >= 4 is 23.2 Å². The van der Waals surface area contributed by atoms with Crippen LogP contribution < -0.4 is 20.5 Å². The number of nitrogens with one attached hydrogen (secondary N) is 1. The van der Waals surface area contributed by atoms with Gasteiger partial charge in [-0.1, -0.05) is 23.7 Å². The van der Waals surface area contributed by atoms with Crippen LogP contribution in [0.25, 0.3) is 0 Å². The molecule has 2 rings (SSSR count). The number of anilines is 1. The molecule has 0 unspecified atom stereocenters. The number of amides is 1. The fourth-order valence-electron chi connectivity index (χ4n) is 2.24. The van der Waals surface area contributed by atoms with Crippen LogP contribution in [-0.2, 0) is 6.42 Å². The van der Waals surface area contributed by atoms with Crippen molar-refractivity contribution in [3.63, 3.8) is 0 Å². The van der Waals surface area contributed by atoms with E-state index in [4.69, 9.17) is 26.8 Å². The van der Waals surface area contributed by atoms with Crippen LogP contribution in [0.3, 0.4) is 0 Å². The van der Waals surface area contributed by atoms with Crippen molar-refractivity contribution in [3.8, 4) is 11.5 Å². The Balaban J connectivity index is 2.01. The summed E-state index contributed by atoms with van der Waals surface area (Å²) < 4.78 is 10.7. The van der Waals surface area contributed by atoms with Gasteiger partial charge in [-0.05, 0) is 43.2 Å². The Bertz CT molecular complexity index is 702. The van der Waals surface area contributed by atoms with E-state index < -0.39 is 0 Å². The third-order valence-electron chi connectivity index (χ3n) is 3.46. The fraction of sp³-hybridized carbons (Fsp3) is 0.278. The summed E-state index contributed by atoms with van der Waals surface area (Å²) in [5.74, 6) is 0.668. The Morgan fingerprint density at radius 1 is 1.25 bits per heavy atom. The van der Waals surface area contributed by atoms with Gasteiger partial charge in [0.15, 0.2) is 11.5 Å². The van der Waals surface area contributed by atoms with Crippen molar-refractivity contribution in [2.24, 2.45) is 0 Å². The average molecular weight is 349 g/mol. The largest absolute Gasteiger partial charge is 0.493 e. The van der Waals surface area contributed by atoms with Crippen LogP contribution in [0, 0.1) is 0 Å². The molecule has 24 heavy (non-hydrogen) atoms. The molecular formula is C18H21ClN2O3. The zero-order valence-corrected chi connectivity index (χ0v) is 14.5. The minimum Gasteiger partial charge on any atom is -0.493 e. The van der Waals surface area contributed by atoms with Gasteiger partial charge in [-0.25, -0.2) is 0 Å². The van der Waals surface area contributed by atoms with E-state index in [1.54, 1.807) is 12.1 Å². The number of hydrogen-bond donors (Lipinski definition) is 2. The number of rotatable bonds is 7. The Kier molecular flexibility index (Phi) is 6.32. The molecule has 0 bridgehead atoms. The lowest BCUT2D eigenvalue weighted by atomic mass is 10.1. The number of carbonyl (C=O) groups is 1. The lowest BCUT2D eigenvalue weighted by Gasteiger charge is -2.13. The Labute approximate surface area is 146 Å². The molecule has 0 aliphatic rings. The molecule has 0 radical (unpaired) electrons. The number of ether oxygens (including phenoxy) is 2. The van der Waals surface area contributed by atoms with Gasteiger partial charge in [-0.2, -0.15) is 0 Å². The lowest BCUT2D eigenvalue weighted by molar-refractivity contribution is 0.0953. The van der Waals surface area contributed by atoms with E-state index in [1.807, 2.05) is 31.2 Å². The monoisotopic (exact) mass is 348 g/mol. The van der Waals surface area contributed by atoms with E-state index >= 15 is 0 Å². The fourth-order valence-corrected chi connectivity index (χ4v) is 2.51. The Morgan fingerprint density at radius 2 is 1.96 bits per heavy atom. The molecular weight excluding hydrogens is 328 g/mol. The van der Waals surface area contributed by atoms with E-state index in [0.717, 1.165) is 11.3 Å². The summed E-state index contributed by atoms with van der Waals surface area (Å²) in [7, 11) is 1.51. The molecule has 1 amide bonds. The van der Waals surface area contributed by atoms with Gasteiger partial charge >= 0.3 is 0 Å². The third kappa shape index (κ3) is 4.55. The van der Waals surface area contributed by atoms with Gasteiger partial charge in [-0.15, -0.1) is 0 Å². The summed E-state index contributed by atoms with van der Waals surface area (Å²) in [6.45, 7) is 2.83. The predicted octanol–water partition coefficient (Wildman–Crippen LogP) is 3.30. The van der Waals surface area contributed by atoms with Crippen LogP contribution in [-0.4, -0.2) is 26.2 Å². The van der Waals surface area contributed by atoms with Crippen LogP contribution in [0.1, 0.15) is 22.8 Å². The maximum atomic E-state index is 12.3. The van der Waals surface area contributed by atoms with Crippen LogP contribution in [0.4, 0.5) is 5.69 Å². The standard InChI is InChI=1S/C18H21ClN2O3/c1-3-24-17-15(19)10-13(11-16(17)23-2)18(22)21-9-8-12-4-6-14(20)7-5-12/h4-7,10-11H,3,8-9,20H2,1-2H3,(H,21,22). The quantitative estimate of drug-likeness (QED) is 0.753. The first-order valence-electron chi connectivity index (χ1n) is 7.68. The smallest absolute Gasteiger partial charge is 0.251 e. The highest BCUT2D eigenvalue weighted by molar-refractivity contribution is 6.32. The van der Waals surface area contributed by atoms with Crippen LogP contribution in [0.2, 0.25) is 5.02 Å². The van der Waals surface area contributed by atoms with Gasteiger partial charge in [0.1, 0.15) is 0 Å². The van der Waals surface area contributed by atoms with Crippen molar-refractivity contribution in [1.29, 1.82) is 0 Å². The molecule has 128 valence electrons. The number of benzene rings is 2. The molecule has 6 heteroatoms. The van der Waals surface area contributed by atoms with Gasteiger partial charge in [-0.3, -0.25) is 4.79 Å². The van der Waals surface area contributed by atoms with Crippen molar-refractivity contribution < 1.29 is 14.3 Å². The van der Waals surface area contributed by atoms with E-state index in [0.29, 0.717) is 41.7 Å². The summed E-state index contributed by atoms with van der Waals surface area (Å²) in [4.78, 5) is 12.3. The number of hydrogen-bond acceptors (Lipinski definition) is 4. The number of halogens is 1. The van der Waals surface area contributed by atoms with Gasteiger partial charge in [0.2, 0.25) is 0 Å². The molecule has 0 spiro atoms. The molecule has 0 saturated heterocycles. The maximum absolute atomic E-state index is 12.3. The second-order valence-electron chi connectivity index (χ2n) is 5.17. The molecule has 2 aromatic carbocycles. The maximum Gasteiger partial charge on any atom is 0.251 e. The summed E-state index contributed by atoms with van der Waals surface area (Å²) in [6.07, 6.45) is 0.716. The van der Waals surface area contributed by atoms with Crippen molar-refractivity contribution in [2.45, 2.75) is 13.3 Å². The van der Waals surface area contributed by atoms with E-state index in [2.05, 4.69) is 5.32 Å². The summed E-state index contributed by atoms with van der Waals surface area (Å²) in [6, 6.07) is 10.8. The Hall–Kier alpha value is -2.40. The number of nitrogens with two attached hydrogens (primary N) is 1. The minimum atomic E-state index is -0.214. The molecule has 3 N–H and O–H groups in total. The summed E-state index contributed by atoms with van der Waals surface area (Å²) >= 11 is 6.18. The molecule has 0 atom stereocenters. The topological polar surface area (TPSA) is 73.6 Å². The number of carbonyl (C=O) groups excluding carboxylic acids is 1. The first kappa shape index (κ1) is 17.9. The second kappa shape index (κ2) is 8.45. The molecule has 0 heterocycles. The molecule has 0 aliphatic heterocycles. The van der Waals surface area contributed by atoms with Gasteiger partial charge in [0.05, 0.1) is 18.7 Å². The first-order valence-corrected chi connectivity index (χ1v) is 8.06.